The van der Waals surface area contributed by atoms with Crippen molar-refractivity contribution in [2.75, 3.05) is 13.1 Å². The summed E-state index contributed by atoms with van der Waals surface area (Å²) in [4.78, 5) is 25.6. The maximum Gasteiger partial charge on any atom is 0.233 e. The van der Waals surface area contributed by atoms with Crippen LogP contribution in [0.1, 0.15) is 33.1 Å². The van der Waals surface area contributed by atoms with Crippen molar-refractivity contribution >= 4 is 11.8 Å². The van der Waals surface area contributed by atoms with Gasteiger partial charge in [0, 0.05) is 18.4 Å². The second-order valence-electron chi connectivity index (χ2n) is 4.98. The van der Waals surface area contributed by atoms with Crippen molar-refractivity contribution in [2.24, 2.45) is 11.8 Å². The number of hydrogen-bond donors (Lipinski definition) is 1. The maximum absolute atomic E-state index is 12.0. The van der Waals surface area contributed by atoms with Gasteiger partial charge < -0.3 is 5.32 Å². The summed E-state index contributed by atoms with van der Waals surface area (Å²) in [6, 6.07) is 0.0786. The van der Waals surface area contributed by atoms with Gasteiger partial charge in [0.2, 0.25) is 11.8 Å². The van der Waals surface area contributed by atoms with E-state index in [1.807, 2.05) is 13.8 Å². The standard InChI is InChI=1S/C12H20N2O2/c1-8-9(2)12(16)14(11(8)15)10-5-3-4-6-13-7-10/h8-10,13H,3-7H2,1-2H3. The van der Waals surface area contributed by atoms with Crippen LogP contribution in [0.4, 0.5) is 0 Å². The van der Waals surface area contributed by atoms with E-state index in [9.17, 15) is 9.59 Å². The number of likely N-dealkylation sites (tertiary alicyclic amines) is 1. The van der Waals surface area contributed by atoms with Crippen molar-refractivity contribution in [1.29, 1.82) is 0 Å². The van der Waals surface area contributed by atoms with Crippen molar-refractivity contribution in [3.63, 3.8) is 0 Å². The Bertz CT molecular complexity index is 275. The lowest BCUT2D eigenvalue weighted by Crippen LogP contribution is -2.45. The van der Waals surface area contributed by atoms with Crippen LogP contribution < -0.4 is 5.32 Å². The van der Waals surface area contributed by atoms with Crippen LogP contribution in [0, 0.1) is 11.8 Å². The van der Waals surface area contributed by atoms with Gasteiger partial charge in [-0.3, -0.25) is 14.5 Å². The van der Waals surface area contributed by atoms with Crippen LogP contribution in [-0.4, -0.2) is 35.8 Å². The number of hydrogen-bond acceptors (Lipinski definition) is 3. The largest absolute Gasteiger partial charge is 0.315 e. The molecule has 0 aromatic heterocycles. The zero-order chi connectivity index (χ0) is 11.7. The van der Waals surface area contributed by atoms with Crippen molar-refractivity contribution in [2.45, 2.75) is 39.2 Å². The number of carbonyl (C=O) groups is 2. The van der Waals surface area contributed by atoms with Gasteiger partial charge in [-0.25, -0.2) is 0 Å². The third-order valence-corrected chi connectivity index (χ3v) is 3.89. The van der Waals surface area contributed by atoms with Crippen LogP contribution in [0.25, 0.3) is 0 Å². The Morgan fingerprint density at radius 1 is 1.12 bits per heavy atom. The minimum atomic E-state index is -0.143. The molecular weight excluding hydrogens is 204 g/mol. The molecule has 0 saturated carbocycles. The van der Waals surface area contributed by atoms with Crippen LogP contribution in [0.15, 0.2) is 0 Å². The molecule has 0 radical (unpaired) electrons. The zero-order valence-electron chi connectivity index (χ0n) is 10.0. The topological polar surface area (TPSA) is 49.4 Å². The number of nitrogens with zero attached hydrogens (tertiary/aromatic N) is 1. The highest BCUT2D eigenvalue weighted by atomic mass is 16.2. The van der Waals surface area contributed by atoms with E-state index >= 15 is 0 Å². The molecule has 2 heterocycles. The molecule has 2 rings (SSSR count). The summed E-state index contributed by atoms with van der Waals surface area (Å²) in [5.41, 5.74) is 0. The highest BCUT2D eigenvalue weighted by molar-refractivity contribution is 6.05. The van der Waals surface area contributed by atoms with E-state index in [0.29, 0.717) is 0 Å². The molecule has 3 unspecified atom stereocenters. The van der Waals surface area contributed by atoms with E-state index < -0.39 is 0 Å². The smallest absolute Gasteiger partial charge is 0.233 e. The van der Waals surface area contributed by atoms with Crippen LogP contribution in [0.3, 0.4) is 0 Å². The van der Waals surface area contributed by atoms with Gasteiger partial charge in [0.15, 0.2) is 0 Å². The number of amides is 2. The Labute approximate surface area is 96.4 Å². The molecule has 2 amide bonds. The monoisotopic (exact) mass is 224 g/mol. The molecule has 0 aromatic carbocycles. The third-order valence-electron chi connectivity index (χ3n) is 3.89. The average molecular weight is 224 g/mol. The van der Waals surface area contributed by atoms with Crippen LogP contribution in [0.2, 0.25) is 0 Å². The molecule has 0 bridgehead atoms. The first-order valence-corrected chi connectivity index (χ1v) is 6.20. The molecule has 2 aliphatic rings. The summed E-state index contributed by atoms with van der Waals surface area (Å²) in [6.07, 6.45) is 3.18. The highest BCUT2D eigenvalue weighted by Gasteiger charge is 2.45. The summed E-state index contributed by atoms with van der Waals surface area (Å²) in [5, 5.41) is 3.30. The van der Waals surface area contributed by atoms with E-state index in [2.05, 4.69) is 5.32 Å². The van der Waals surface area contributed by atoms with E-state index in [1.54, 1.807) is 0 Å². The van der Waals surface area contributed by atoms with E-state index in [-0.39, 0.29) is 29.7 Å². The number of rotatable bonds is 1. The summed E-state index contributed by atoms with van der Waals surface area (Å²) < 4.78 is 0. The SMILES string of the molecule is CC1C(=O)N(C2CCCCNC2)C(=O)C1C. The minimum absolute atomic E-state index is 0.0196. The predicted molar refractivity (Wildman–Crippen MR) is 60.7 cm³/mol. The summed E-state index contributed by atoms with van der Waals surface area (Å²) in [5.74, 6) is -0.246. The number of nitrogens with one attached hydrogen (secondary N) is 1. The average Bonchev–Trinajstić information content (AvgIpc) is 2.54. The van der Waals surface area contributed by atoms with Gasteiger partial charge in [-0.1, -0.05) is 20.3 Å². The molecule has 2 saturated heterocycles. The summed E-state index contributed by atoms with van der Waals surface area (Å²) in [7, 11) is 0. The molecular formula is C12H20N2O2. The number of carbonyl (C=O) groups excluding carboxylic acids is 2. The van der Waals surface area contributed by atoms with Crippen molar-refractivity contribution in [1.82, 2.24) is 10.2 Å². The van der Waals surface area contributed by atoms with Crippen LogP contribution in [-0.2, 0) is 9.59 Å². The fourth-order valence-electron chi connectivity index (χ4n) is 2.56. The molecule has 0 aliphatic carbocycles. The molecule has 90 valence electrons. The van der Waals surface area contributed by atoms with Gasteiger partial charge in [0.1, 0.15) is 0 Å². The molecule has 2 fully saturated rings. The van der Waals surface area contributed by atoms with Gasteiger partial charge in [-0.15, -0.1) is 0 Å². The Balaban J connectivity index is 2.13. The Kier molecular flexibility index (Phi) is 3.28. The molecule has 0 aromatic rings. The van der Waals surface area contributed by atoms with E-state index in [1.165, 1.54) is 4.90 Å². The van der Waals surface area contributed by atoms with Gasteiger partial charge in [0.05, 0.1) is 6.04 Å². The molecule has 4 nitrogen and oxygen atoms in total. The van der Waals surface area contributed by atoms with Crippen molar-refractivity contribution < 1.29 is 9.59 Å². The number of imide groups is 1. The first-order chi connectivity index (χ1) is 7.63. The van der Waals surface area contributed by atoms with Crippen LogP contribution in [0.5, 0.6) is 0 Å². The molecule has 0 spiro atoms. The lowest BCUT2D eigenvalue weighted by atomic mass is 10.00. The molecule has 2 aliphatic heterocycles. The fraction of sp³-hybridized carbons (Fsp3) is 0.833. The van der Waals surface area contributed by atoms with Crippen molar-refractivity contribution in [3.05, 3.63) is 0 Å². The van der Waals surface area contributed by atoms with E-state index in [0.717, 1.165) is 32.4 Å². The van der Waals surface area contributed by atoms with Gasteiger partial charge >= 0.3 is 0 Å². The second kappa shape index (κ2) is 4.53. The normalized spacial score (nSPS) is 36.6. The van der Waals surface area contributed by atoms with Gasteiger partial charge in [0.25, 0.3) is 0 Å². The first-order valence-electron chi connectivity index (χ1n) is 6.20. The van der Waals surface area contributed by atoms with Crippen LogP contribution >= 0.6 is 0 Å². The van der Waals surface area contributed by atoms with E-state index in [4.69, 9.17) is 0 Å². The Morgan fingerprint density at radius 3 is 2.38 bits per heavy atom. The fourth-order valence-corrected chi connectivity index (χ4v) is 2.56. The van der Waals surface area contributed by atoms with Gasteiger partial charge in [-0.05, 0) is 19.4 Å². The first kappa shape index (κ1) is 11.6. The molecule has 1 N–H and O–H groups in total. The maximum atomic E-state index is 12.0. The molecule has 3 atom stereocenters. The lowest BCUT2D eigenvalue weighted by molar-refractivity contribution is -0.142. The molecule has 16 heavy (non-hydrogen) atoms. The third kappa shape index (κ3) is 1.86. The second-order valence-corrected chi connectivity index (χ2v) is 4.98. The highest BCUT2D eigenvalue weighted by Crippen LogP contribution is 2.28. The zero-order valence-corrected chi connectivity index (χ0v) is 10.0. The summed E-state index contributed by atoms with van der Waals surface area (Å²) in [6.45, 7) is 5.47. The molecule has 4 heteroatoms. The Morgan fingerprint density at radius 2 is 1.75 bits per heavy atom. The predicted octanol–water partition coefficient (Wildman–Crippen LogP) is 0.770. The Hall–Kier alpha value is -0.900. The minimum Gasteiger partial charge on any atom is -0.315 e. The lowest BCUT2D eigenvalue weighted by Gasteiger charge is -2.25. The quantitative estimate of drug-likeness (QED) is 0.669. The summed E-state index contributed by atoms with van der Waals surface area (Å²) >= 11 is 0. The van der Waals surface area contributed by atoms with Crippen molar-refractivity contribution in [3.8, 4) is 0 Å². The van der Waals surface area contributed by atoms with Gasteiger partial charge in [-0.2, -0.15) is 0 Å².